The fourth-order valence-electron chi connectivity index (χ4n) is 2.01. The number of aliphatic imine (C=N–C) groups is 1. The van der Waals surface area contributed by atoms with Crippen molar-refractivity contribution in [2.75, 3.05) is 5.32 Å². The molecule has 1 aliphatic carbocycles. The summed E-state index contributed by atoms with van der Waals surface area (Å²) in [6, 6.07) is 5.94. The highest BCUT2D eigenvalue weighted by atomic mass is 16.1. The predicted octanol–water partition coefficient (Wildman–Crippen LogP) is 2.05. The van der Waals surface area contributed by atoms with Crippen molar-refractivity contribution in [3.8, 4) is 11.5 Å². The number of anilines is 1. The summed E-state index contributed by atoms with van der Waals surface area (Å²) in [7, 11) is 0. The fraction of sp³-hybridized carbons (Fsp3) is 0.235. The first-order valence-electron chi connectivity index (χ1n) is 7.93. The number of aromatic nitrogens is 4. The number of carbonyl (C=O) groups excluding carboxylic acids is 1. The maximum absolute atomic E-state index is 12.2. The molecular weight excluding hydrogens is 318 g/mol. The lowest BCUT2D eigenvalue weighted by molar-refractivity contribution is -0.112. The van der Waals surface area contributed by atoms with Crippen molar-refractivity contribution in [1.29, 1.82) is 0 Å². The number of H-pyrrole nitrogens is 1. The van der Waals surface area contributed by atoms with E-state index >= 15 is 0 Å². The van der Waals surface area contributed by atoms with E-state index in [2.05, 4.69) is 42.5 Å². The summed E-state index contributed by atoms with van der Waals surface area (Å²) in [6.45, 7) is 5.23. The van der Waals surface area contributed by atoms with Gasteiger partial charge in [-0.15, -0.1) is 10.2 Å². The Labute approximate surface area is 145 Å². The number of amides is 1. The molecule has 0 aromatic carbocycles. The molecule has 25 heavy (non-hydrogen) atoms. The maximum Gasteiger partial charge on any atom is 0.253 e. The van der Waals surface area contributed by atoms with Gasteiger partial charge in [0.15, 0.2) is 5.82 Å². The predicted molar refractivity (Wildman–Crippen MR) is 95.8 cm³/mol. The highest BCUT2D eigenvalue weighted by Crippen LogP contribution is 2.20. The minimum Gasteiger partial charge on any atom is -0.367 e. The fourth-order valence-corrected chi connectivity index (χ4v) is 2.01. The molecule has 0 aliphatic heterocycles. The van der Waals surface area contributed by atoms with E-state index in [0.29, 0.717) is 29.0 Å². The summed E-state index contributed by atoms with van der Waals surface area (Å²) in [5, 5.41) is 13.8. The molecule has 0 spiro atoms. The Bertz CT molecular complexity index is 819. The molecule has 0 saturated heterocycles. The quantitative estimate of drug-likeness (QED) is 0.407. The van der Waals surface area contributed by atoms with Crippen LogP contribution in [-0.2, 0) is 4.79 Å². The van der Waals surface area contributed by atoms with Gasteiger partial charge in [0.05, 0.1) is 0 Å². The van der Waals surface area contributed by atoms with Gasteiger partial charge in [-0.2, -0.15) is 0 Å². The first-order valence-corrected chi connectivity index (χ1v) is 7.93. The second-order valence-electron chi connectivity index (χ2n) is 5.67. The van der Waals surface area contributed by atoms with Crippen LogP contribution in [0.3, 0.4) is 0 Å². The lowest BCUT2D eigenvalue weighted by atomic mass is 10.2. The molecule has 8 heteroatoms. The molecule has 1 saturated carbocycles. The molecule has 2 heterocycles. The lowest BCUT2D eigenvalue weighted by Gasteiger charge is -2.03. The first kappa shape index (κ1) is 16.6. The van der Waals surface area contributed by atoms with E-state index in [1.54, 1.807) is 31.3 Å². The largest absolute Gasteiger partial charge is 0.367 e. The van der Waals surface area contributed by atoms with Gasteiger partial charge in [-0.1, -0.05) is 12.1 Å². The van der Waals surface area contributed by atoms with Crippen molar-refractivity contribution in [3.05, 3.63) is 47.9 Å². The van der Waals surface area contributed by atoms with E-state index in [1.807, 2.05) is 12.1 Å². The molecule has 1 aliphatic rings. The van der Waals surface area contributed by atoms with Crippen LogP contribution < -0.4 is 10.6 Å². The zero-order valence-corrected chi connectivity index (χ0v) is 13.9. The summed E-state index contributed by atoms with van der Waals surface area (Å²) >= 11 is 0. The van der Waals surface area contributed by atoms with Gasteiger partial charge in [0, 0.05) is 17.8 Å². The van der Waals surface area contributed by atoms with Gasteiger partial charge in [-0.25, -0.2) is 4.99 Å². The van der Waals surface area contributed by atoms with Crippen molar-refractivity contribution in [3.63, 3.8) is 0 Å². The number of allylic oxidation sites excluding steroid dienone is 2. The SMILES string of the molecule is C=N/C(=C\C=C(/C)C(=O)Nc1nnc(-c2ccccn2)[nH]1)NC1CC1. The standard InChI is InChI=1S/C17H19N7O/c1-11(6-9-14(18-2)20-12-7-8-12)16(25)22-17-21-15(23-24-17)13-5-3-4-10-19-13/h3-6,9-10,12,20H,2,7-8H2,1H3,(H2,21,22,23,24,25)/b11-6+,14-9+. The Kier molecular flexibility index (Phi) is 4.98. The zero-order chi connectivity index (χ0) is 17.6. The van der Waals surface area contributed by atoms with Crippen LogP contribution in [-0.4, -0.2) is 38.8 Å². The Morgan fingerprint density at radius 1 is 1.36 bits per heavy atom. The van der Waals surface area contributed by atoms with Gasteiger partial charge in [0.1, 0.15) is 11.5 Å². The monoisotopic (exact) mass is 337 g/mol. The van der Waals surface area contributed by atoms with E-state index in [0.717, 1.165) is 12.8 Å². The molecule has 128 valence electrons. The van der Waals surface area contributed by atoms with Crippen LogP contribution in [0.5, 0.6) is 0 Å². The molecule has 3 rings (SSSR count). The van der Waals surface area contributed by atoms with Crippen LogP contribution in [0.15, 0.2) is 52.9 Å². The Morgan fingerprint density at radius 2 is 2.20 bits per heavy atom. The van der Waals surface area contributed by atoms with Crippen LogP contribution in [0.2, 0.25) is 0 Å². The molecule has 0 bridgehead atoms. The van der Waals surface area contributed by atoms with Crippen molar-refractivity contribution >= 4 is 18.6 Å². The van der Waals surface area contributed by atoms with Crippen LogP contribution in [0.1, 0.15) is 19.8 Å². The van der Waals surface area contributed by atoms with Crippen LogP contribution in [0, 0.1) is 0 Å². The molecule has 8 nitrogen and oxygen atoms in total. The number of pyridine rings is 1. The summed E-state index contributed by atoms with van der Waals surface area (Å²) in [6.07, 6.45) is 7.36. The van der Waals surface area contributed by atoms with Gasteiger partial charge < -0.3 is 10.3 Å². The lowest BCUT2D eigenvalue weighted by Crippen LogP contribution is -2.15. The molecule has 2 aromatic heterocycles. The molecule has 3 N–H and O–H groups in total. The number of nitrogens with one attached hydrogen (secondary N) is 3. The van der Waals surface area contributed by atoms with E-state index in [-0.39, 0.29) is 11.9 Å². The normalized spacial score (nSPS) is 14.9. The van der Waals surface area contributed by atoms with Gasteiger partial charge in [-0.05, 0) is 44.7 Å². The number of rotatable bonds is 7. The summed E-state index contributed by atoms with van der Waals surface area (Å²) < 4.78 is 0. The average molecular weight is 337 g/mol. The highest BCUT2D eigenvalue weighted by Gasteiger charge is 2.21. The van der Waals surface area contributed by atoms with E-state index < -0.39 is 0 Å². The van der Waals surface area contributed by atoms with Crippen molar-refractivity contribution in [2.24, 2.45) is 4.99 Å². The summed E-state index contributed by atoms with van der Waals surface area (Å²) in [5.41, 5.74) is 1.16. The molecule has 0 unspecified atom stereocenters. The topological polar surface area (TPSA) is 108 Å². The van der Waals surface area contributed by atoms with Crippen LogP contribution in [0.4, 0.5) is 5.95 Å². The molecule has 0 atom stereocenters. The zero-order valence-electron chi connectivity index (χ0n) is 13.9. The summed E-state index contributed by atoms with van der Waals surface area (Å²) in [5.74, 6) is 1.13. The van der Waals surface area contributed by atoms with E-state index in [9.17, 15) is 4.79 Å². The van der Waals surface area contributed by atoms with Gasteiger partial charge >= 0.3 is 0 Å². The number of carbonyl (C=O) groups is 1. The average Bonchev–Trinajstić information content (AvgIpc) is 3.34. The first-order chi connectivity index (χ1) is 12.2. The third-order valence-corrected chi connectivity index (χ3v) is 3.58. The van der Waals surface area contributed by atoms with Crippen LogP contribution >= 0.6 is 0 Å². The Morgan fingerprint density at radius 3 is 2.88 bits per heavy atom. The minimum atomic E-state index is -0.283. The third kappa shape index (κ3) is 4.60. The number of hydrogen-bond donors (Lipinski definition) is 3. The van der Waals surface area contributed by atoms with Crippen molar-refractivity contribution in [1.82, 2.24) is 25.5 Å². The minimum absolute atomic E-state index is 0.264. The van der Waals surface area contributed by atoms with Crippen molar-refractivity contribution < 1.29 is 4.79 Å². The van der Waals surface area contributed by atoms with Gasteiger partial charge in [0.25, 0.3) is 5.91 Å². The van der Waals surface area contributed by atoms with E-state index in [4.69, 9.17) is 0 Å². The Hall–Kier alpha value is -3.29. The van der Waals surface area contributed by atoms with Crippen molar-refractivity contribution in [2.45, 2.75) is 25.8 Å². The molecule has 1 fully saturated rings. The van der Waals surface area contributed by atoms with Gasteiger partial charge in [0.2, 0.25) is 5.95 Å². The van der Waals surface area contributed by atoms with E-state index in [1.165, 1.54) is 0 Å². The van der Waals surface area contributed by atoms with Gasteiger partial charge in [-0.3, -0.25) is 15.1 Å². The highest BCUT2D eigenvalue weighted by molar-refractivity contribution is 6.02. The molecule has 1 amide bonds. The smallest absolute Gasteiger partial charge is 0.253 e. The second-order valence-corrected chi connectivity index (χ2v) is 5.67. The number of hydrogen-bond acceptors (Lipinski definition) is 6. The number of aromatic amines is 1. The summed E-state index contributed by atoms with van der Waals surface area (Å²) in [4.78, 5) is 23.2. The van der Waals surface area contributed by atoms with Crippen LogP contribution in [0.25, 0.3) is 11.5 Å². The molecular formula is C17H19N7O. The Balaban J connectivity index is 1.63. The third-order valence-electron chi connectivity index (χ3n) is 3.58. The molecule has 0 radical (unpaired) electrons. The maximum atomic E-state index is 12.2. The second kappa shape index (κ2) is 7.52. The number of nitrogens with zero attached hydrogens (tertiary/aromatic N) is 4. The molecule has 2 aromatic rings.